The molecule has 0 atom stereocenters. The fraction of sp³-hybridized carbons (Fsp3) is 0. The summed E-state index contributed by atoms with van der Waals surface area (Å²) in [4.78, 5) is 29.3. The third-order valence-corrected chi connectivity index (χ3v) is 0. The van der Waals surface area contributed by atoms with E-state index in [1.807, 2.05) is 0 Å². The molecule has 13 heteroatoms. The predicted molar refractivity (Wildman–Crippen MR) is 41.4 cm³/mol. The Morgan fingerprint density at radius 2 is 1.29 bits per heavy atom. The van der Waals surface area contributed by atoms with Gasteiger partial charge in [0.05, 0.1) is 0 Å². The summed E-state index contributed by atoms with van der Waals surface area (Å²) in [7, 11) is -9.78. The monoisotopic (exact) mass is 325 g/mol. The van der Waals surface area contributed by atoms with Crippen LogP contribution in [0.5, 0.6) is 0 Å². The van der Waals surface area contributed by atoms with Crippen molar-refractivity contribution in [3.8, 4) is 0 Å². The summed E-state index contributed by atoms with van der Waals surface area (Å²) in [5.74, 6) is 0. The summed E-state index contributed by atoms with van der Waals surface area (Å²) >= 11 is 2.11. The zero-order chi connectivity index (χ0) is 11.7. The maximum Gasteiger partial charge on any atom is 1.00 e. The Morgan fingerprint density at radius 1 is 1.29 bits per heavy atom. The number of nitrogens with zero attached hydrogens (tertiary/aromatic N) is 1. The van der Waals surface area contributed by atoms with Crippen LogP contribution in [0, 0.1) is 0 Å². The van der Waals surface area contributed by atoms with Crippen LogP contribution in [0.15, 0.2) is 0 Å². The van der Waals surface area contributed by atoms with Crippen LogP contribution in [-0.2, 0) is 10.5 Å². The summed E-state index contributed by atoms with van der Waals surface area (Å²) in [6, 6.07) is 0. The van der Waals surface area contributed by atoms with E-state index in [2.05, 4.69) is 15.6 Å². The first-order valence-electron chi connectivity index (χ1n) is 1.99. The van der Waals surface area contributed by atoms with E-state index in [-0.39, 0.29) is 29.6 Å². The van der Waals surface area contributed by atoms with Gasteiger partial charge in [0, 0.05) is 0 Å². The second kappa shape index (κ2) is 12.1. The van der Waals surface area contributed by atoms with Gasteiger partial charge in [0.25, 0.3) is 0 Å². The van der Waals surface area contributed by atoms with Crippen molar-refractivity contribution < 1.29 is 65.6 Å². The molecule has 0 aliphatic heterocycles. The summed E-state index contributed by atoms with van der Waals surface area (Å²) in [5, 5.41) is 7.26. The van der Waals surface area contributed by atoms with E-state index in [1.165, 1.54) is 0 Å². The maximum atomic E-state index is 10.2. The molecular weight excluding hydrogens is 319 g/mol. The molecule has 0 aromatic rings. The minimum Gasteiger partial charge on any atom is 1.00 e. The number of rotatable bonds is 0. The van der Waals surface area contributed by atoms with Crippen molar-refractivity contribution in [3.05, 3.63) is 5.41 Å². The Balaban J connectivity index is -0.0000000535. The van der Waals surface area contributed by atoms with Crippen LogP contribution in [0.1, 0.15) is 0 Å². The van der Waals surface area contributed by atoms with E-state index >= 15 is 0 Å². The average Bonchev–Trinajstić information content (AvgIpc) is 1.52. The second-order valence-electron chi connectivity index (χ2n) is 1.10. The Hall–Kier alpha value is 0.996. The summed E-state index contributed by atoms with van der Waals surface area (Å²) in [6.45, 7) is 0. The van der Waals surface area contributed by atoms with Gasteiger partial charge in [-0.1, -0.05) is 3.89 Å². The first-order chi connectivity index (χ1) is 5.41. The Morgan fingerprint density at radius 3 is 1.29 bits per heavy atom. The topological polar surface area (TPSA) is 158 Å². The smallest absolute Gasteiger partial charge is 1.00 e. The molecule has 0 spiro atoms. The number of halogens is 1. The molecule has 0 aromatic heterocycles. The van der Waals surface area contributed by atoms with E-state index in [9.17, 15) is 3.89 Å². The van der Waals surface area contributed by atoms with Crippen molar-refractivity contribution >= 4 is 39.8 Å². The van der Waals surface area contributed by atoms with Crippen molar-refractivity contribution in [1.29, 1.82) is 0 Å². The molecule has 80 valence electrons. The van der Waals surface area contributed by atoms with Crippen LogP contribution in [-0.4, -0.2) is 61.5 Å². The van der Waals surface area contributed by atoms with Crippen molar-refractivity contribution in [2.24, 2.45) is 0 Å². The fourth-order valence-corrected chi connectivity index (χ4v) is 0. The molecule has 0 bridgehead atoms. The van der Waals surface area contributed by atoms with Crippen LogP contribution in [0.3, 0.4) is 0 Å². The van der Waals surface area contributed by atoms with E-state index < -0.39 is 19.6 Å². The van der Waals surface area contributed by atoms with Gasteiger partial charge in [0.15, 0.2) is 0 Å². The van der Waals surface area contributed by atoms with E-state index in [4.69, 9.17) is 37.6 Å². The second-order valence-corrected chi connectivity index (χ2v) is 3.51. The molecule has 0 aliphatic carbocycles. The first-order valence-corrected chi connectivity index (χ1v) is 5.98. The standard InChI is InChI=1S/CNSe.FHO3S.Na.H4O4Si/c2-1-3;1-5(2,3)4;;1-5(2,3)4/h;(H,2,3,4);;1-4H/q-1;;+1;. The SMILES string of the molecule is O=S(=O)(O)F.O[Si](O)(O)O.[N-]=C=[Se].[Na+]. The minimum absolute atomic E-state index is 0. The Kier molecular flexibility index (Phi) is 20.9. The molecule has 0 radical (unpaired) electrons. The van der Waals surface area contributed by atoms with Crippen molar-refractivity contribution in [2.75, 3.05) is 0 Å². The number of hydrogen-bond donors (Lipinski definition) is 5. The Labute approximate surface area is 110 Å². The quantitative estimate of drug-likeness (QED) is 0.128. The molecule has 5 N–H and O–H groups in total. The van der Waals surface area contributed by atoms with Crippen molar-refractivity contribution in [3.63, 3.8) is 0 Å². The van der Waals surface area contributed by atoms with E-state index in [0.29, 0.717) is 0 Å². The molecule has 0 aliphatic rings. The normalized spacial score (nSPS) is 9.00. The number of hydrogen-bond acceptors (Lipinski definition) is 6. The van der Waals surface area contributed by atoms with Gasteiger partial charge in [0.1, 0.15) is 0 Å². The van der Waals surface area contributed by atoms with Gasteiger partial charge < -0.3 is 19.2 Å². The van der Waals surface area contributed by atoms with Gasteiger partial charge in [-0.05, 0) is 0 Å². The molecule has 0 fully saturated rings. The molecule has 0 saturated carbocycles. The van der Waals surface area contributed by atoms with Crippen LogP contribution in [0.4, 0.5) is 3.89 Å². The van der Waals surface area contributed by atoms with Gasteiger partial charge in [-0.2, -0.15) is 8.42 Å². The third-order valence-electron chi connectivity index (χ3n) is 0. The average molecular weight is 324 g/mol. The molecule has 0 aromatic carbocycles. The van der Waals surface area contributed by atoms with E-state index in [0.717, 1.165) is 0 Å². The molecule has 14 heavy (non-hydrogen) atoms. The zero-order valence-electron chi connectivity index (χ0n) is 6.69. The van der Waals surface area contributed by atoms with Crippen LogP contribution >= 0.6 is 0 Å². The molecular formula is CH5FNNaO7SSeSi. The zero-order valence-corrected chi connectivity index (χ0v) is 12.2. The van der Waals surface area contributed by atoms with Gasteiger partial charge in [0.2, 0.25) is 0 Å². The summed E-state index contributed by atoms with van der Waals surface area (Å²) in [5.41, 5.74) is 0. The molecule has 0 unspecified atom stereocenters. The van der Waals surface area contributed by atoms with Gasteiger partial charge in [-0.25, -0.2) is 0 Å². The Bertz CT molecular complexity index is 231. The molecule has 8 nitrogen and oxygen atoms in total. The van der Waals surface area contributed by atoms with Crippen molar-refractivity contribution in [2.45, 2.75) is 0 Å². The molecule has 0 saturated heterocycles. The summed E-state index contributed by atoms with van der Waals surface area (Å²) < 4.78 is 35.7. The molecule has 0 amide bonds. The van der Waals surface area contributed by atoms with Crippen LogP contribution < -0.4 is 29.6 Å². The van der Waals surface area contributed by atoms with Crippen LogP contribution in [0.2, 0.25) is 0 Å². The van der Waals surface area contributed by atoms with Gasteiger partial charge in [-0.3, -0.25) is 4.55 Å². The fourth-order valence-electron chi connectivity index (χ4n) is 0. The third kappa shape index (κ3) is 1880. The summed E-state index contributed by atoms with van der Waals surface area (Å²) in [6.07, 6.45) is 0. The first kappa shape index (κ1) is 24.3. The molecule has 0 rings (SSSR count). The van der Waals surface area contributed by atoms with Crippen molar-refractivity contribution in [1.82, 2.24) is 0 Å². The largest absolute Gasteiger partial charge is 1.00 e. The molecule has 0 heterocycles. The minimum atomic E-state index is -5.17. The van der Waals surface area contributed by atoms with Gasteiger partial charge in [-0.15, -0.1) is 0 Å². The predicted octanol–water partition coefficient (Wildman–Crippen LogP) is -6.22. The van der Waals surface area contributed by atoms with E-state index in [1.54, 1.807) is 4.71 Å². The maximum absolute atomic E-state index is 10.2. The van der Waals surface area contributed by atoms with Gasteiger partial charge >= 0.3 is 74.8 Å². The van der Waals surface area contributed by atoms with Crippen LogP contribution in [0.25, 0.3) is 5.41 Å².